The molecule has 0 atom stereocenters. The summed E-state index contributed by atoms with van der Waals surface area (Å²) in [6.07, 6.45) is 0. The smallest absolute Gasteiger partial charge is 0.135 e. The topological polar surface area (TPSA) is 16.4 Å². The molecule has 0 radical (unpaired) electrons. The average molecular weight is 796 g/mol. The monoisotopic (exact) mass is 795 g/mol. The van der Waals surface area contributed by atoms with E-state index in [1.54, 1.807) is 0 Å². The number of benzene rings is 9. The third-order valence-electron chi connectivity index (χ3n) is 13.9. The highest BCUT2D eigenvalue weighted by Gasteiger charge is 2.36. The van der Waals surface area contributed by atoms with Crippen LogP contribution in [-0.2, 0) is 10.8 Å². The van der Waals surface area contributed by atoms with Crippen LogP contribution in [0, 0.1) is 0 Å². The zero-order valence-electron chi connectivity index (χ0n) is 35.4. The summed E-state index contributed by atoms with van der Waals surface area (Å²) in [5.41, 5.74) is 23.0. The molecule has 62 heavy (non-hydrogen) atoms. The molecule has 2 nitrogen and oxygen atoms in total. The van der Waals surface area contributed by atoms with E-state index in [0.29, 0.717) is 0 Å². The van der Waals surface area contributed by atoms with Gasteiger partial charge in [0.05, 0.1) is 0 Å². The van der Waals surface area contributed by atoms with E-state index in [4.69, 9.17) is 4.42 Å². The van der Waals surface area contributed by atoms with Crippen LogP contribution < -0.4 is 4.90 Å². The van der Waals surface area contributed by atoms with Crippen molar-refractivity contribution >= 4 is 39.0 Å². The minimum Gasteiger partial charge on any atom is -0.456 e. The van der Waals surface area contributed by atoms with E-state index in [-0.39, 0.29) is 10.8 Å². The second-order valence-corrected chi connectivity index (χ2v) is 18.2. The molecule has 2 aliphatic carbocycles. The molecule has 0 fully saturated rings. The molecular weight excluding hydrogens is 751 g/mol. The Kier molecular flexibility index (Phi) is 7.96. The van der Waals surface area contributed by atoms with Crippen LogP contribution in [0.4, 0.5) is 17.1 Å². The first-order chi connectivity index (χ1) is 30.2. The second-order valence-electron chi connectivity index (χ2n) is 18.2. The highest BCUT2D eigenvalue weighted by Crippen LogP contribution is 2.51. The first kappa shape index (κ1) is 36.4. The molecule has 9 aromatic carbocycles. The molecule has 0 saturated heterocycles. The van der Waals surface area contributed by atoms with Crippen LogP contribution in [0.1, 0.15) is 49.9 Å². The van der Waals surface area contributed by atoms with Crippen molar-refractivity contribution in [2.75, 3.05) is 4.90 Å². The number of fused-ring (bicyclic) bond motifs is 9. The maximum absolute atomic E-state index is 6.16. The summed E-state index contributed by atoms with van der Waals surface area (Å²) in [5, 5.41) is 2.27. The fourth-order valence-electron chi connectivity index (χ4n) is 10.6. The first-order valence-electron chi connectivity index (χ1n) is 21.7. The van der Waals surface area contributed by atoms with Gasteiger partial charge in [-0.25, -0.2) is 0 Å². The van der Waals surface area contributed by atoms with Crippen molar-refractivity contribution in [3.05, 3.63) is 222 Å². The van der Waals surface area contributed by atoms with Gasteiger partial charge in [0, 0.05) is 38.7 Å². The van der Waals surface area contributed by atoms with Crippen LogP contribution in [0.3, 0.4) is 0 Å². The van der Waals surface area contributed by atoms with Gasteiger partial charge in [-0.2, -0.15) is 0 Å². The molecule has 296 valence electrons. The Labute approximate surface area is 363 Å². The summed E-state index contributed by atoms with van der Waals surface area (Å²) in [7, 11) is 0. The van der Waals surface area contributed by atoms with Gasteiger partial charge >= 0.3 is 0 Å². The van der Waals surface area contributed by atoms with Gasteiger partial charge in [-0.1, -0.05) is 161 Å². The van der Waals surface area contributed by atoms with Crippen LogP contribution in [0.15, 0.2) is 205 Å². The van der Waals surface area contributed by atoms with Crippen molar-refractivity contribution in [3.8, 4) is 55.6 Å². The lowest BCUT2D eigenvalue weighted by Crippen LogP contribution is -2.15. The van der Waals surface area contributed by atoms with E-state index >= 15 is 0 Å². The Morgan fingerprint density at radius 2 is 0.758 bits per heavy atom. The van der Waals surface area contributed by atoms with Crippen LogP contribution >= 0.6 is 0 Å². The SMILES string of the molecule is CC1(C)c2ccccc2-c2ccc(-c3cccc(N(c4ccc(-c5ccc6oc7ccccc7c6c5)cc4)c4cccc(-c5ccc6c(c5)C(C)(C)c5ccccc5-6)c4)c3)cc21. The summed E-state index contributed by atoms with van der Waals surface area (Å²) in [4.78, 5) is 2.41. The molecular formula is C60H45NO. The molecule has 0 unspecified atom stereocenters. The van der Waals surface area contributed by atoms with Crippen LogP contribution in [0.25, 0.3) is 77.6 Å². The van der Waals surface area contributed by atoms with Gasteiger partial charge in [-0.05, 0) is 145 Å². The number of furan rings is 1. The van der Waals surface area contributed by atoms with Crippen molar-refractivity contribution in [2.24, 2.45) is 0 Å². The van der Waals surface area contributed by atoms with Gasteiger partial charge in [-0.3, -0.25) is 0 Å². The fourth-order valence-corrected chi connectivity index (χ4v) is 10.6. The molecule has 0 N–H and O–H groups in total. The number of hydrogen-bond donors (Lipinski definition) is 0. The first-order valence-corrected chi connectivity index (χ1v) is 21.7. The molecule has 0 saturated carbocycles. The molecule has 0 amide bonds. The number of rotatable bonds is 6. The quantitative estimate of drug-likeness (QED) is 0.167. The third kappa shape index (κ3) is 5.56. The Balaban J connectivity index is 0.963. The maximum atomic E-state index is 6.16. The van der Waals surface area contributed by atoms with Crippen LogP contribution in [-0.4, -0.2) is 0 Å². The van der Waals surface area contributed by atoms with Gasteiger partial charge in [-0.15, -0.1) is 0 Å². The lowest BCUT2D eigenvalue weighted by Gasteiger charge is -2.27. The van der Waals surface area contributed by atoms with Crippen molar-refractivity contribution in [3.63, 3.8) is 0 Å². The standard InChI is InChI=1S/C60H45NO/c1-59(2)53-20-8-5-17-47(53)49-30-25-42(36-55(49)59)39-13-11-15-45(33-39)61(44-28-23-38(24-29-44)41-27-32-58-52(35-41)51-19-7-10-22-57(51)62-58)46-16-12-14-40(34-46)43-26-31-50-48-18-6-9-21-54(48)60(3,4)56(50)37-43/h5-37H,1-4H3. The van der Waals surface area contributed by atoms with E-state index in [1.807, 2.05) is 12.1 Å². The van der Waals surface area contributed by atoms with Gasteiger partial charge in [0.1, 0.15) is 11.2 Å². The highest BCUT2D eigenvalue weighted by molar-refractivity contribution is 6.06. The van der Waals surface area contributed by atoms with Crippen molar-refractivity contribution in [1.29, 1.82) is 0 Å². The molecule has 12 rings (SSSR count). The molecule has 2 heteroatoms. The Morgan fingerprint density at radius 3 is 1.35 bits per heavy atom. The summed E-state index contributed by atoms with van der Waals surface area (Å²) >= 11 is 0. The summed E-state index contributed by atoms with van der Waals surface area (Å²) in [6, 6.07) is 73.7. The largest absolute Gasteiger partial charge is 0.456 e. The van der Waals surface area contributed by atoms with Gasteiger partial charge in [0.25, 0.3) is 0 Å². The lowest BCUT2D eigenvalue weighted by atomic mass is 9.81. The number of hydrogen-bond acceptors (Lipinski definition) is 2. The zero-order valence-corrected chi connectivity index (χ0v) is 35.4. The van der Waals surface area contributed by atoms with Gasteiger partial charge < -0.3 is 9.32 Å². The Morgan fingerprint density at radius 1 is 0.306 bits per heavy atom. The minimum atomic E-state index is -0.0709. The van der Waals surface area contributed by atoms with Crippen LogP contribution in [0.5, 0.6) is 0 Å². The minimum absolute atomic E-state index is 0.0709. The summed E-state index contributed by atoms with van der Waals surface area (Å²) in [6.45, 7) is 9.41. The molecule has 0 bridgehead atoms. The molecule has 10 aromatic rings. The number of anilines is 3. The predicted molar refractivity (Wildman–Crippen MR) is 260 cm³/mol. The van der Waals surface area contributed by atoms with E-state index in [2.05, 4.69) is 221 Å². The van der Waals surface area contributed by atoms with E-state index < -0.39 is 0 Å². The zero-order chi connectivity index (χ0) is 41.7. The second kappa shape index (κ2) is 13.5. The normalized spacial score (nSPS) is 14.1. The van der Waals surface area contributed by atoms with E-state index in [1.165, 1.54) is 66.8 Å². The summed E-state index contributed by atoms with van der Waals surface area (Å²) < 4.78 is 6.16. The fraction of sp³-hybridized carbons (Fsp3) is 0.100. The maximum Gasteiger partial charge on any atom is 0.135 e. The third-order valence-corrected chi connectivity index (χ3v) is 13.9. The van der Waals surface area contributed by atoms with Crippen molar-refractivity contribution < 1.29 is 4.42 Å². The van der Waals surface area contributed by atoms with Gasteiger partial charge in [0.15, 0.2) is 0 Å². The lowest BCUT2D eigenvalue weighted by molar-refractivity contribution is 0.660. The average Bonchev–Trinajstić information content (AvgIpc) is 3.88. The predicted octanol–water partition coefficient (Wildman–Crippen LogP) is 16.7. The van der Waals surface area contributed by atoms with Crippen LogP contribution in [0.2, 0.25) is 0 Å². The number of para-hydroxylation sites is 1. The molecule has 0 aliphatic heterocycles. The molecule has 0 spiro atoms. The number of nitrogens with zero attached hydrogens (tertiary/aromatic N) is 1. The molecule has 1 heterocycles. The van der Waals surface area contributed by atoms with E-state index in [9.17, 15) is 0 Å². The van der Waals surface area contributed by atoms with E-state index in [0.717, 1.165) is 50.1 Å². The molecule has 1 aromatic heterocycles. The van der Waals surface area contributed by atoms with Gasteiger partial charge in [0.2, 0.25) is 0 Å². The molecule has 2 aliphatic rings. The Hall–Kier alpha value is -7.42. The Bertz CT molecular complexity index is 3270. The summed E-state index contributed by atoms with van der Waals surface area (Å²) in [5.74, 6) is 0. The van der Waals surface area contributed by atoms with Crippen molar-refractivity contribution in [1.82, 2.24) is 0 Å². The van der Waals surface area contributed by atoms with Crippen molar-refractivity contribution in [2.45, 2.75) is 38.5 Å². The highest BCUT2D eigenvalue weighted by atomic mass is 16.3.